The van der Waals surface area contributed by atoms with Crippen molar-refractivity contribution < 1.29 is 4.74 Å². The quantitative estimate of drug-likeness (QED) is 0.710. The minimum atomic E-state index is -0.233. The van der Waals surface area contributed by atoms with E-state index < -0.39 is 0 Å². The minimum Gasteiger partial charge on any atom is -0.371 e. The SMILES string of the molecule is COC1(c2ccncn2)CCNC1. The number of aromatic nitrogens is 2. The van der Waals surface area contributed by atoms with E-state index in [2.05, 4.69) is 15.3 Å². The molecule has 0 bridgehead atoms. The Labute approximate surface area is 77.4 Å². The van der Waals surface area contributed by atoms with Crippen LogP contribution >= 0.6 is 0 Å². The van der Waals surface area contributed by atoms with Crippen LogP contribution in [0.4, 0.5) is 0 Å². The fraction of sp³-hybridized carbons (Fsp3) is 0.556. The topological polar surface area (TPSA) is 47.0 Å². The van der Waals surface area contributed by atoms with Gasteiger partial charge in [-0.1, -0.05) is 0 Å². The highest BCUT2D eigenvalue weighted by molar-refractivity contribution is 5.13. The van der Waals surface area contributed by atoms with Gasteiger partial charge in [0, 0.05) is 19.9 Å². The van der Waals surface area contributed by atoms with Crippen LogP contribution in [0.25, 0.3) is 0 Å². The third-order valence-corrected chi connectivity index (χ3v) is 2.56. The van der Waals surface area contributed by atoms with Crippen LogP contribution in [0.3, 0.4) is 0 Å². The van der Waals surface area contributed by atoms with Crippen molar-refractivity contribution in [2.24, 2.45) is 0 Å². The van der Waals surface area contributed by atoms with E-state index in [1.54, 1.807) is 19.6 Å². The van der Waals surface area contributed by atoms with Gasteiger partial charge in [0.15, 0.2) is 0 Å². The summed E-state index contributed by atoms with van der Waals surface area (Å²) in [6, 6.07) is 1.91. The molecule has 1 aliphatic heterocycles. The zero-order chi connectivity index (χ0) is 9.15. The lowest BCUT2D eigenvalue weighted by atomic mass is 9.98. The van der Waals surface area contributed by atoms with Crippen molar-refractivity contribution in [3.8, 4) is 0 Å². The Kier molecular flexibility index (Phi) is 2.24. The maximum Gasteiger partial charge on any atom is 0.123 e. The first kappa shape index (κ1) is 8.59. The van der Waals surface area contributed by atoms with Crippen LogP contribution in [-0.4, -0.2) is 30.2 Å². The predicted molar refractivity (Wildman–Crippen MR) is 48.2 cm³/mol. The molecule has 0 amide bonds. The summed E-state index contributed by atoms with van der Waals surface area (Å²) in [5.74, 6) is 0. The summed E-state index contributed by atoms with van der Waals surface area (Å²) < 4.78 is 5.53. The third kappa shape index (κ3) is 1.43. The summed E-state index contributed by atoms with van der Waals surface area (Å²) in [6.45, 7) is 1.82. The summed E-state index contributed by atoms with van der Waals surface area (Å²) >= 11 is 0. The highest BCUT2D eigenvalue weighted by Gasteiger charge is 2.36. The number of nitrogens with zero attached hydrogens (tertiary/aromatic N) is 2. The molecule has 4 nitrogen and oxygen atoms in total. The number of hydrogen-bond acceptors (Lipinski definition) is 4. The van der Waals surface area contributed by atoms with E-state index in [0.717, 1.165) is 25.2 Å². The van der Waals surface area contributed by atoms with Crippen molar-refractivity contribution in [1.82, 2.24) is 15.3 Å². The smallest absolute Gasteiger partial charge is 0.123 e. The van der Waals surface area contributed by atoms with Gasteiger partial charge in [-0.25, -0.2) is 9.97 Å². The van der Waals surface area contributed by atoms with Crippen molar-refractivity contribution in [1.29, 1.82) is 0 Å². The number of hydrogen-bond donors (Lipinski definition) is 1. The molecule has 0 aliphatic carbocycles. The monoisotopic (exact) mass is 179 g/mol. The molecule has 1 saturated heterocycles. The number of nitrogens with one attached hydrogen (secondary N) is 1. The zero-order valence-corrected chi connectivity index (χ0v) is 7.66. The molecule has 1 aromatic heterocycles. The first-order valence-corrected chi connectivity index (χ1v) is 4.40. The molecule has 0 saturated carbocycles. The molecular formula is C9H13N3O. The lowest BCUT2D eigenvalue weighted by Gasteiger charge is -2.25. The van der Waals surface area contributed by atoms with Crippen molar-refractivity contribution >= 4 is 0 Å². The highest BCUT2D eigenvalue weighted by atomic mass is 16.5. The fourth-order valence-corrected chi connectivity index (χ4v) is 1.73. The highest BCUT2D eigenvalue weighted by Crippen LogP contribution is 2.29. The molecule has 2 heterocycles. The van der Waals surface area contributed by atoms with E-state index in [1.807, 2.05) is 6.07 Å². The molecule has 13 heavy (non-hydrogen) atoms. The summed E-state index contributed by atoms with van der Waals surface area (Å²) in [7, 11) is 1.73. The Hall–Kier alpha value is -1.00. The summed E-state index contributed by atoms with van der Waals surface area (Å²) in [4.78, 5) is 8.12. The van der Waals surface area contributed by atoms with Gasteiger partial charge in [0.25, 0.3) is 0 Å². The number of ether oxygens (including phenoxy) is 1. The van der Waals surface area contributed by atoms with Gasteiger partial charge in [0.05, 0.1) is 5.69 Å². The van der Waals surface area contributed by atoms with Gasteiger partial charge in [-0.15, -0.1) is 0 Å². The van der Waals surface area contributed by atoms with Gasteiger partial charge >= 0.3 is 0 Å². The first-order valence-electron chi connectivity index (χ1n) is 4.40. The van der Waals surface area contributed by atoms with E-state index in [4.69, 9.17) is 4.74 Å². The van der Waals surface area contributed by atoms with Crippen LogP contribution in [-0.2, 0) is 10.3 Å². The van der Waals surface area contributed by atoms with Crippen LogP contribution in [0.1, 0.15) is 12.1 Å². The van der Waals surface area contributed by atoms with Gasteiger partial charge in [-0.3, -0.25) is 0 Å². The Morgan fingerprint density at radius 2 is 2.54 bits per heavy atom. The summed E-state index contributed by atoms with van der Waals surface area (Å²) in [5, 5.41) is 3.28. The average Bonchev–Trinajstić information content (AvgIpc) is 2.69. The molecule has 4 heteroatoms. The number of rotatable bonds is 2. The van der Waals surface area contributed by atoms with Crippen molar-refractivity contribution in [3.63, 3.8) is 0 Å². The lowest BCUT2D eigenvalue weighted by molar-refractivity contribution is -0.000528. The predicted octanol–water partition coefficient (Wildman–Crippen LogP) is 0.312. The second-order valence-electron chi connectivity index (χ2n) is 3.22. The maximum absolute atomic E-state index is 5.53. The van der Waals surface area contributed by atoms with Crippen LogP contribution in [0.2, 0.25) is 0 Å². The molecular weight excluding hydrogens is 166 g/mol. The lowest BCUT2D eigenvalue weighted by Crippen LogP contribution is -2.32. The van der Waals surface area contributed by atoms with E-state index in [-0.39, 0.29) is 5.60 Å². The van der Waals surface area contributed by atoms with Gasteiger partial charge in [-0.2, -0.15) is 0 Å². The molecule has 0 radical (unpaired) electrons. The molecule has 1 fully saturated rings. The second kappa shape index (κ2) is 3.40. The second-order valence-corrected chi connectivity index (χ2v) is 3.22. The molecule has 0 spiro atoms. The van der Waals surface area contributed by atoms with E-state index in [0.29, 0.717) is 0 Å². The van der Waals surface area contributed by atoms with Crippen LogP contribution in [0.15, 0.2) is 18.6 Å². The van der Waals surface area contributed by atoms with E-state index in [9.17, 15) is 0 Å². The van der Waals surface area contributed by atoms with Crippen molar-refractivity contribution in [3.05, 3.63) is 24.3 Å². The average molecular weight is 179 g/mol. The third-order valence-electron chi connectivity index (χ3n) is 2.56. The van der Waals surface area contributed by atoms with Crippen LogP contribution in [0, 0.1) is 0 Å². The minimum absolute atomic E-state index is 0.233. The Bertz CT molecular complexity index is 269. The Morgan fingerprint density at radius 3 is 3.08 bits per heavy atom. The maximum atomic E-state index is 5.53. The summed E-state index contributed by atoms with van der Waals surface area (Å²) in [6.07, 6.45) is 4.29. The van der Waals surface area contributed by atoms with Gasteiger partial charge < -0.3 is 10.1 Å². The summed E-state index contributed by atoms with van der Waals surface area (Å²) in [5.41, 5.74) is 0.734. The van der Waals surface area contributed by atoms with Gasteiger partial charge in [0.2, 0.25) is 0 Å². The molecule has 0 aromatic carbocycles. The van der Waals surface area contributed by atoms with Crippen LogP contribution < -0.4 is 5.32 Å². The van der Waals surface area contributed by atoms with E-state index >= 15 is 0 Å². The van der Waals surface area contributed by atoms with Crippen molar-refractivity contribution in [2.45, 2.75) is 12.0 Å². The van der Waals surface area contributed by atoms with Crippen LogP contribution in [0.5, 0.6) is 0 Å². The first-order chi connectivity index (χ1) is 6.37. The van der Waals surface area contributed by atoms with E-state index in [1.165, 1.54) is 0 Å². The van der Waals surface area contributed by atoms with Gasteiger partial charge in [-0.05, 0) is 19.0 Å². The molecule has 1 atom stereocenters. The normalized spacial score (nSPS) is 27.8. The molecule has 2 rings (SSSR count). The largest absolute Gasteiger partial charge is 0.371 e. The Balaban J connectivity index is 2.31. The zero-order valence-electron chi connectivity index (χ0n) is 7.66. The Morgan fingerprint density at radius 1 is 1.62 bits per heavy atom. The molecule has 1 aliphatic rings. The molecule has 1 N–H and O–H groups in total. The van der Waals surface area contributed by atoms with Gasteiger partial charge in [0.1, 0.15) is 11.9 Å². The standard InChI is InChI=1S/C9H13N3O/c1-13-9(3-5-10-6-9)8-2-4-11-7-12-8/h2,4,7,10H,3,5-6H2,1H3. The number of methoxy groups -OCH3 is 1. The molecule has 70 valence electrons. The fourth-order valence-electron chi connectivity index (χ4n) is 1.73. The molecule has 1 unspecified atom stereocenters. The molecule has 1 aromatic rings. The van der Waals surface area contributed by atoms with Crippen molar-refractivity contribution in [2.75, 3.05) is 20.2 Å².